The number of nitrogens with one attached hydrogen (secondary N) is 1. The van der Waals surface area contributed by atoms with E-state index in [9.17, 15) is 4.79 Å². The fourth-order valence-electron chi connectivity index (χ4n) is 1.77. The number of carbonyl (C=O) groups excluding carboxylic acids is 1. The lowest BCUT2D eigenvalue weighted by atomic mass is 10.3. The summed E-state index contributed by atoms with van der Waals surface area (Å²) in [5.74, 6) is 0.774. The maximum absolute atomic E-state index is 12.0. The van der Waals surface area contributed by atoms with Gasteiger partial charge in [0.25, 0.3) is 0 Å². The lowest BCUT2D eigenvalue weighted by molar-refractivity contribution is -0.119. The van der Waals surface area contributed by atoms with Crippen molar-refractivity contribution in [2.45, 2.75) is 17.3 Å². The summed E-state index contributed by atoms with van der Waals surface area (Å²) in [6.07, 6.45) is 3.30. The predicted molar refractivity (Wildman–Crippen MR) is 89.1 cm³/mol. The van der Waals surface area contributed by atoms with Crippen LogP contribution in [-0.2, 0) is 4.79 Å². The molecule has 0 saturated carbocycles. The third-order valence-corrected chi connectivity index (χ3v) is 4.74. The summed E-state index contributed by atoms with van der Waals surface area (Å²) in [6.45, 7) is 1.77. The molecular weight excluding hydrogens is 350 g/mol. The number of thioether (sulfide) groups is 1. The van der Waals surface area contributed by atoms with Crippen molar-refractivity contribution in [3.05, 3.63) is 30.4 Å². The molecule has 1 amide bonds. The maximum atomic E-state index is 12.0. The highest BCUT2D eigenvalue weighted by atomic mass is 32.2. The normalized spacial score (nSPS) is 12.0. The van der Waals surface area contributed by atoms with E-state index in [1.54, 1.807) is 25.4 Å². The van der Waals surface area contributed by atoms with Crippen molar-refractivity contribution in [3.8, 4) is 11.4 Å². The van der Waals surface area contributed by atoms with Gasteiger partial charge in [-0.1, -0.05) is 28.3 Å². The number of hydrogen-bond acceptors (Lipinski definition) is 10. The number of pyridine rings is 1. The Balaban J connectivity index is 1.55. The molecule has 3 rings (SSSR count). The Hall–Kier alpha value is -2.53. The highest BCUT2D eigenvalue weighted by molar-refractivity contribution is 8.01. The molecule has 0 aliphatic rings. The highest BCUT2D eigenvalue weighted by Crippen LogP contribution is 2.23. The van der Waals surface area contributed by atoms with Crippen LogP contribution in [0.5, 0.6) is 0 Å². The number of carbonyl (C=O) groups is 1. The molecule has 0 aliphatic carbocycles. The summed E-state index contributed by atoms with van der Waals surface area (Å²) < 4.78 is 5.85. The Morgan fingerprint density at radius 1 is 1.50 bits per heavy atom. The second kappa shape index (κ2) is 7.36. The predicted octanol–water partition coefficient (Wildman–Crippen LogP) is 1.53. The molecule has 24 heavy (non-hydrogen) atoms. The fourth-order valence-corrected chi connectivity index (χ4v) is 3.22. The van der Waals surface area contributed by atoms with Crippen molar-refractivity contribution < 1.29 is 9.32 Å². The monoisotopic (exact) mass is 363 g/mol. The summed E-state index contributed by atoms with van der Waals surface area (Å²) in [5, 5.41) is 14.6. The zero-order valence-electron chi connectivity index (χ0n) is 12.5. The molecule has 1 atom stereocenters. The first-order valence-electron chi connectivity index (χ1n) is 6.87. The largest absolute Gasteiger partial charge is 0.374 e. The minimum Gasteiger partial charge on any atom is -0.374 e. The number of amides is 1. The van der Waals surface area contributed by atoms with Gasteiger partial charge in [0.2, 0.25) is 22.8 Å². The van der Waals surface area contributed by atoms with E-state index < -0.39 is 6.04 Å². The topological polar surface area (TPSA) is 133 Å². The van der Waals surface area contributed by atoms with Gasteiger partial charge in [0.05, 0.1) is 5.75 Å². The molecule has 0 unspecified atom stereocenters. The van der Waals surface area contributed by atoms with Gasteiger partial charge in [-0.15, -0.1) is 10.2 Å². The van der Waals surface area contributed by atoms with Crippen molar-refractivity contribution in [1.82, 2.24) is 30.6 Å². The van der Waals surface area contributed by atoms with Crippen LogP contribution < -0.4 is 11.1 Å². The molecule has 3 aromatic heterocycles. The van der Waals surface area contributed by atoms with Crippen molar-refractivity contribution in [1.29, 1.82) is 0 Å². The molecule has 0 saturated heterocycles. The molecule has 3 aromatic rings. The Bertz CT molecular complexity index is 821. The molecule has 0 aromatic carbocycles. The summed E-state index contributed by atoms with van der Waals surface area (Å²) in [7, 11) is 0. The van der Waals surface area contributed by atoms with Gasteiger partial charge in [0, 0.05) is 18.0 Å². The van der Waals surface area contributed by atoms with E-state index in [4.69, 9.17) is 10.3 Å². The number of anilines is 1. The fraction of sp³-hybridized carbons (Fsp3) is 0.231. The molecule has 3 heterocycles. The first kappa shape index (κ1) is 16.3. The molecule has 124 valence electrons. The molecular formula is C13H13N7O2S2. The van der Waals surface area contributed by atoms with Crippen LogP contribution in [0.25, 0.3) is 11.4 Å². The first-order chi connectivity index (χ1) is 11.6. The van der Waals surface area contributed by atoms with Gasteiger partial charge >= 0.3 is 0 Å². The van der Waals surface area contributed by atoms with Gasteiger partial charge in [0.15, 0.2) is 4.34 Å². The zero-order chi connectivity index (χ0) is 16.9. The van der Waals surface area contributed by atoms with Gasteiger partial charge in [-0.25, -0.2) is 0 Å². The van der Waals surface area contributed by atoms with E-state index in [1.807, 2.05) is 6.07 Å². The van der Waals surface area contributed by atoms with Crippen molar-refractivity contribution >= 4 is 34.1 Å². The maximum Gasteiger partial charge on any atom is 0.249 e. The second-order valence-corrected chi connectivity index (χ2v) is 6.91. The molecule has 3 N–H and O–H groups in total. The smallest absolute Gasteiger partial charge is 0.249 e. The van der Waals surface area contributed by atoms with Crippen molar-refractivity contribution in [2.75, 3.05) is 11.5 Å². The molecule has 0 bridgehead atoms. The third kappa shape index (κ3) is 4.06. The second-order valence-electron chi connectivity index (χ2n) is 4.68. The molecule has 0 fully saturated rings. The Kier molecular flexibility index (Phi) is 5.01. The van der Waals surface area contributed by atoms with Crippen LogP contribution in [0, 0.1) is 0 Å². The number of aromatic nitrogens is 5. The summed E-state index contributed by atoms with van der Waals surface area (Å²) in [4.78, 5) is 20.3. The van der Waals surface area contributed by atoms with Gasteiger partial charge in [0.1, 0.15) is 6.04 Å². The van der Waals surface area contributed by atoms with Crippen molar-refractivity contribution in [3.63, 3.8) is 0 Å². The Labute approximate surface area is 145 Å². The summed E-state index contributed by atoms with van der Waals surface area (Å²) in [5.41, 5.74) is 6.24. The third-order valence-electron chi connectivity index (χ3n) is 2.86. The van der Waals surface area contributed by atoms with E-state index >= 15 is 0 Å². The van der Waals surface area contributed by atoms with Crippen LogP contribution in [0.2, 0.25) is 0 Å². The van der Waals surface area contributed by atoms with Gasteiger partial charge in [-0.2, -0.15) is 4.98 Å². The van der Waals surface area contributed by atoms with Crippen LogP contribution in [0.4, 0.5) is 5.13 Å². The van der Waals surface area contributed by atoms with E-state index in [0.29, 0.717) is 21.2 Å². The Morgan fingerprint density at radius 3 is 3.08 bits per heavy atom. The number of hydrogen-bond donors (Lipinski definition) is 2. The first-order valence-corrected chi connectivity index (χ1v) is 8.67. The minimum atomic E-state index is -0.407. The quantitative estimate of drug-likeness (QED) is 0.625. The molecule has 9 nitrogen and oxygen atoms in total. The Morgan fingerprint density at radius 2 is 2.38 bits per heavy atom. The van der Waals surface area contributed by atoms with E-state index in [2.05, 4.69) is 30.6 Å². The van der Waals surface area contributed by atoms with Crippen LogP contribution in [0.3, 0.4) is 0 Å². The zero-order valence-corrected chi connectivity index (χ0v) is 14.2. The average Bonchev–Trinajstić information content (AvgIpc) is 3.23. The number of nitrogens with zero attached hydrogens (tertiary/aromatic N) is 5. The van der Waals surface area contributed by atoms with Gasteiger partial charge < -0.3 is 15.6 Å². The van der Waals surface area contributed by atoms with Crippen LogP contribution in [0.1, 0.15) is 18.9 Å². The number of nitrogen functional groups attached to an aromatic ring is 1. The average molecular weight is 363 g/mol. The number of rotatable bonds is 6. The van der Waals surface area contributed by atoms with Crippen LogP contribution >= 0.6 is 23.1 Å². The SMILES string of the molecule is C[C@@H](NC(=O)CSc1nnc(N)s1)c1nc(-c2cccnc2)no1. The highest BCUT2D eigenvalue weighted by Gasteiger charge is 2.18. The van der Waals surface area contributed by atoms with Crippen molar-refractivity contribution in [2.24, 2.45) is 0 Å². The lowest BCUT2D eigenvalue weighted by Gasteiger charge is -2.08. The lowest BCUT2D eigenvalue weighted by Crippen LogP contribution is -2.28. The minimum absolute atomic E-state index is 0.178. The molecule has 0 spiro atoms. The standard InChI is InChI=1S/C13H13N7O2S2/c1-7(16-9(21)6-23-13-19-18-12(14)24-13)11-17-10(20-22-11)8-3-2-4-15-5-8/h2-5,7H,6H2,1H3,(H2,14,18)(H,16,21)/t7-/m1/s1. The summed E-state index contributed by atoms with van der Waals surface area (Å²) in [6, 6.07) is 3.21. The van der Waals surface area contributed by atoms with Crippen LogP contribution in [0.15, 0.2) is 33.4 Å². The van der Waals surface area contributed by atoms with E-state index in [1.165, 1.54) is 23.1 Å². The molecule has 0 aliphatic heterocycles. The number of nitrogens with two attached hydrogens (primary N) is 1. The molecule has 11 heteroatoms. The summed E-state index contributed by atoms with van der Waals surface area (Å²) >= 11 is 2.50. The molecule has 0 radical (unpaired) electrons. The van der Waals surface area contributed by atoms with Crippen LogP contribution in [-0.4, -0.2) is 37.0 Å². The van der Waals surface area contributed by atoms with E-state index in [-0.39, 0.29) is 11.7 Å². The van der Waals surface area contributed by atoms with E-state index in [0.717, 1.165) is 5.56 Å². The van der Waals surface area contributed by atoms with Gasteiger partial charge in [-0.3, -0.25) is 9.78 Å². The van der Waals surface area contributed by atoms with Gasteiger partial charge in [-0.05, 0) is 19.1 Å².